The van der Waals surface area contributed by atoms with Gasteiger partial charge in [0.25, 0.3) is 0 Å². The first kappa shape index (κ1) is 7.06. The largest absolute Gasteiger partial charge is 0.411 e. The molecule has 0 aliphatic heterocycles. The van der Waals surface area contributed by atoms with Crippen LogP contribution in [-0.2, 0) is 0 Å². The molecule has 0 aromatic heterocycles. The molecule has 1 aliphatic carbocycles. The molecule has 10 heavy (non-hydrogen) atoms. The van der Waals surface area contributed by atoms with Crippen molar-refractivity contribution in [3.8, 4) is 0 Å². The zero-order chi connectivity index (χ0) is 7.40. The summed E-state index contributed by atoms with van der Waals surface area (Å²) in [4.78, 5) is 0. The smallest absolute Gasteiger partial charge is 0.0696 e. The van der Waals surface area contributed by atoms with E-state index in [1.54, 1.807) is 0 Å². The zero-order valence-corrected chi connectivity index (χ0v) is 5.88. The summed E-state index contributed by atoms with van der Waals surface area (Å²) in [7, 11) is 0. The monoisotopic (exact) mass is 137 g/mol. The average molecular weight is 137 g/mol. The van der Waals surface area contributed by atoms with Gasteiger partial charge in [-0.2, -0.15) is 0 Å². The van der Waals surface area contributed by atoms with E-state index in [0.29, 0.717) is 0 Å². The van der Waals surface area contributed by atoms with Crippen LogP contribution in [0.15, 0.2) is 29.0 Å². The van der Waals surface area contributed by atoms with Gasteiger partial charge in [0, 0.05) is 0 Å². The third-order valence-electron chi connectivity index (χ3n) is 1.76. The minimum absolute atomic E-state index is 1.02. The van der Waals surface area contributed by atoms with Gasteiger partial charge in [-0.05, 0) is 30.4 Å². The van der Waals surface area contributed by atoms with Crippen molar-refractivity contribution in [3.63, 3.8) is 0 Å². The third kappa shape index (κ3) is 1.26. The van der Waals surface area contributed by atoms with E-state index < -0.39 is 0 Å². The molecule has 0 heterocycles. The number of nitrogens with zero attached hydrogens (tertiary/aromatic N) is 1. The standard InChI is InChI=1S/C8H11NO/c1-2-7-4-3-5-8(7)6-9-10/h2,6,10H,1,3-5H2. The van der Waals surface area contributed by atoms with E-state index in [2.05, 4.69) is 11.7 Å². The third-order valence-corrected chi connectivity index (χ3v) is 1.76. The molecule has 2 nitrogen and oxygen atoms in total. The quantitative estimate of drug-likeness (QED) is 0.353. The Balaban J connectivity index is 2.77. The second-order valence-electron chi connectivity index (χ2n) is 2.35. The highest BCUT2D eigenvalue weighted by molar-refractivity contribution is 5.80. The molecule has 2 heteroatoms. The predicted octanol–water partition coefficient (Wildman–Crippen LogP) is 2.11. The van der Waals surface area contributed by atoms with Crippen LogP contribution in [0, 0.1) is 0 Å². The van der Waals surface area contributed by atoms with Gasteiger partial charge in [0.15, 0.2) is 0 Å². The maximum atomic E-state index is 8.24. The fourth-order valence-electron chi connectivity index (χ4n) is 1.24. The van der Waals surface area contributed by atoms with E-state index in [4.69, 9.17) is 5.21 Å². The first-order chi connectivity index (χ1) is 4.88. The number of allylic oxidation sites excluding steroid dienone is 3. The number of hydrogen-bond acceptors (Lipinski definition) is 2. The minimum Gasteiger partial charge on any atom is -0.411 e. The van der Waals surface area contributed by atoms with Gasteiger partial charge in [0.05, 0.1) is 6.21 Å². The zero-order valence-electron chi connectivity index (χ0n) is 5.88. The lowest BCUT2D eigenvalue weighted by Crippen LogP contribution is -1.81. The van der Waals surface area contributed by atoms with Crippen molar-refractivity contribution in [3.05, 3.63) is 23.8 Å². The van der Waals surface area contributed by atoms with Gasteiger partial charge in [-0.25, -0.2) is 0 Å². The molecule has 1 N–H and O–H groups in total. The van der Waals surface area contributed by atoms with E-state index in [-0.39, 0.29) is 0 Å². The second-order valence-corrected chi connectivity index (χ2v) is 2.35. The maximum absolute atomic E-state index is 8.24. The summed E-state index contributed by atoms with van der Waals surface area (Å²) in [5.41, 5.74) is 2.34. The van der Waals surface area contributed by atoms with Gasteiger partial charge in [-0.15, -0.1) is 0 Å². The van der Waals surface area contributed by atoms with Crippen molar-refractivity contribution in [1.82, 2.24) is 0 Å². The van der Waals surface area contributed by atoms with Gasteiger partial charge in [0.1, 0.15) is 0 Å². The first-order valence-corrected chi connectivity index (χ1v) is 3.40. The Labute approximate surface area is 60.6 Å². The topological polar surface area (TPSA) is 32.6 Å². The van der Waals surface area contributed by atoms with E-state index in [9.17, 15) is 0 Å². The van der Waals surface area contributed by atoms with Gasteiger partial charge in [-0.3, -0.25) is 0 Å². The van der Waals surface area contributed by atoms with Crippen molar-refractivity contribution < 1.29 is 5.21 Å². The fourth-order valence-corrected chi connectivity index (χ4v) is 1.24. The highest BCUT2D eigenvalue weighted by Gasteiger charge is 2.09. The van der Waals surface area contributed by atoms with Gasteiger partial charge in [-0.1, -0.05) is 17.8 Å². The summed E-state index contributed by atoms with van der Waals surface area (Å²) in [6.07, 6.45) is 6.59. The molecule has 0 saturated heterocycles. The molecular weight excluding hydrogens is 126 g/mol. The fraction of sp³-hybridized carbons (Fsp3) is 0.375. The van der Waals surface area contributed by atoms with Gasteiger partial charge in [0.2, 0.25) is 0 Å². The van der Waals surface area contributed by atoms with Crippen molar-refractivity contribution >= 4 is 6.21 Å². The molecular formula is C8H11NO. The van der Waals surface area contributed by atoms with Crippen LogP contribution in [0.1, 0.15) is 19.3 Å². The molecule has 54 valence electrons. The number of rotatable bonds is 2. The van der Waals surface area contributed by atoms with Gasteiger partial charge >= 0.3 is 0 Å². The van der Waals surface area contributed by atoms with Crippen molar-refractivity contribution in [2.24, 2.45) is 5.16 Å². The molecule has 0 saturated carbocycles. The lowest BCUT2D eigenvalue weighted by molar-refractivity contribution is 0.321. The first-order valence-electron chi connectivity index (χ1n) is 3.40. The van der Waals surface area contributed by atoms with Crippen LogP contribution in [0.25, 0.3) is 0 Å². The normalized spacial score (nSPS) is 18.8. The highest BCUT2D eigenvalue weighted by Crippen LogP contribution is 2.24. The Hall–Kier alpha value is -1.05. The summed E-state index contributed by atoms with van der Waals surface area (Å²) < 4.78 is 0. The molecule has 0 aromatic rings. The lowest BCUT2D eigenvalue weighted by atomic mass is 10.2. The van der Waals surface area contributed by atoms with Gasteiger partial charge < -0.3 is 5.21 Å². The molecule has 1 rings (SSSR count). The lowest BCUT2D eigenvalue weighted by Gasteiger charge is -1.91. The molecule has 0 atom stereocenters. The molecule has 0 spiro atoms. The summed E-state index contributed by atoms with van der Waals surface area (Å²) in [5, 5.41) is 11.2. The predicted molar refractivity (Wildman–Crippen MR) is 41.4 cm³/mol. The van der Waals surface area contributed by atoms with E-state index >= 15 is 0 Å². The van der Waals surface area contributed by atoms with Crippen LogP contribution in [0.2, 0.25) is 0 Å². The van der Waals surface area contributed by atoms with E-state index in [1.165, 1.54) is 11.8 Å². The second kappa shape index (κ2) is 3.20. The van der Waals surface area contributed by atoms with Crippen molar-refractivity contribution in [2.45, 2.75) is 19.3 Å². The Kier molecular flexibility index (Phi) is 2.26. The van der Waals surface area contributed by atoms with Crippen LogP contribution < -0.4 is 0 Å². The molecule has 0 bridgehead atoms. The summed E-state index contributed by atoms with van der Waals surface area (Å²) >= 11 is 0. The molecule has 1 aliphatic rings. The molecule has 0 fully saturated rings. The van der Waals surface area contributed by atoms with Crippen LogP contribution in [0.3, 0.4) is 0 Å². The Bertz CT molecular complexity index is 191. The van der Waals surface area contributed by atoms with Crippen molar-refractivity contribution in [1.29, 1.82) is 0 Å². The van der Waals surface area contributed by atoms with Crippen LogP contribution >= 0.6 is 0 Å². The van der Waals surface area contributed by atoms with Crippen molar-refractivity contribution in [2.75, 3.05) is 0 Å². The minimum atomic E-state index is 1.02. The number of oxime groups is 1. The van der Waals surface area contributed by atoms with E-state index in [0.717, 1.165) is 24.8 Å². The molecule has 0 radical (unpaired) electrons. The van der Waals surface area contributed by atoms with Crippen LogP contribution in [-0.4, -0.2) is 11.4 Å². The maximum Gasteiger partial charge on any atom is 0.0696 e. The molecule has 0 amide bonds. The number of hydrogen-bond donors (Lipinski definition) is 1. The Morgan fingerprint density at radius 1 is 1.40 bits per heavy atom. The molecule has 0 unspecified atom stereocenters. The highest BCUT2D eigenvalue weighted by atomic mass is 16.4. The van der Waals surface area contributed by atoms with E-state index in [1.807, 2.05) is 6.08 Å². The SMILES string of the molecule is C=CC1=C(C=NO)CCC1. The Morgan fingerprint density at radius 2 is 2.10 bits per heavy atom. The summed E-state index contributed by atoms with van der Waals surface area (Å²) in [6, 6.07) is 0. The summed E-state index contributed by atoms with van der Waals surface area (Å²) in [5.74, 6) is 0. The van der Waals surface area contributed by atoms with Crippen LogP contribution in [0.4, 0.5) is 0 Å². The Morgan fingerprint density at radius 3 is 2.70 bits per heavy atom. The summed E-state index contributed by atoms with van der Waals surface area (Å²) in [6.45, 7) is 3.67. The van der Waals surface area contributed by atoms with Crippen LogP contribution in [0.5, 0.6) is 0 Å². The average Bonchev–Trinajstić information content (AvgIpc) is 2.36. The molecule has 0 aromatic carbocycles.